The van der Waals surface area contributed by atoms with Gasteiger partial charge in [0.15, 0.2) is 0 Å². The second kappa shape index (κ2) is 2.43. The quantitative estimate of drug-likeness (QED) is 0.432. The predicted octanol–water partition coefficient (Wildman–Crippen LogP) is 2.30. The third-order valence-electron chi connectivity index (χ3n) is 2.83. The Bertz CT molecular complexity index is 102. The van der Waals surface area contributed by atoms with Gasteiger partial charge < -0.3 is 0 Å². The van der Waals surface area contributed by atoms with Gasteiger partial charge in [-0.15, -0.1) is 12.8 Å². The van der Waals surface area contributed by atoms with Gasteiger partial charge in [0.1, 0.15) is 0 Å². The van der Waals surface area contributed by atoms with Crippen molar-refractivity contribution in [1.82, 2.24) is 0 Å². The molecular formula is C9H14. The lowest BCUT2D eigenvalue weighted by Gasteiger charge is -1.89. The van der Waals surface area contributed by atoms with Crippen LogP contribution in [0.3, 0.4) is 0 Å². The number of rotatable bonds is 0. The molecule has 9 heavy (non-hydrogen) atoms. The van der Waals surface area contributed by atoms with Gasteiger partial charge >= 0.3 is 0 Å². The van der Waals surface area contributed by atoms with Crippen molar-refractivity contribution >= 4 is 0 Å². The minimum absolute atomic E-state index is 1.12. The van der Waals surface area contributed by atoms with Crippen LogP contribution in [0.1, 0.15) is 26.2 Å². The largest absolute Gasteiger partial charge is 0.124 e. The van der Waals surface area contributed by atoms with E-state index < -0.39 is 0 Å². The Morgan fingerprint density at radius 1 is 1.11 bits per heavy atom. The average Bonchev–Trinajstić information content (AvgIpc) is 2.36. The van der Waals surface area contributed by atoms with Crippen molar-refractivity contribution in [3.63, 3.8) is 0 Å². The van der Waals surface area contributed by atoms with Gasteiger partial charge in [-0.25, -0.2) is 0 Å². The van der Waals surface area contributed by atoms with E-state index in [9.17, 15) is 0 Å². The summed E-state index contributed by atoms with van der Waals surface area (Å²) in [6.07, 6.45) is 12.6. The van der Waals surface area contributed by atoms with Crippen molar-refractivity contribution < 1.29 is 0 Å². The van der Waals surface area contributed by atoms with E-state index in [4.69, 9.17) is 0 Å². The molecule has 0 saturated heterocycles. The first kappa shape index (κ1) is 6.68. The Kier molecular flexibility index (Phi) is 1.81. The molecule has 0 aliphatic heterocycles. The van der Waals surface area contributed by atoms with Crippen LogP contribution in [0.5, 0.6) is 0 Å². The van der Waals surface area contributed by atoms with Crippen LogP contribution < -0.4 is 0 Å². The Morgan fingerprint density at radius 3 is 1.78 bits per heavy atom. The van der Waals surface area contributed by atoms with Gasteiger partial charge in [0.25, 0.3) is 0 Å². The second-order valence-corrected chi connectivity index (χ2v) is 3.12. The monoisotopic (exact) mass is 122 g/mol. The Morgan fingerprint density at radius 2 is 1.56 bits per heavy atom. The third kappa shape index (κ3) is 0.965. The van der Waals surface area contributed by atoms with Crippen LogP contribution in [0.2, 0.25) is 0 Å². The Balaban J connectivity index is 0.000000186. The molecule has 0 spiro atoms. The molecule has 0 bridgehead atoms. The number of terminal acetylenes is 1. The van der Waals surface area contributed by atoms with Gasteiger partial charge in [-0.05, 0) is 30.6 Å². The van der Waals surface area contributed by atoms with Crippen LogP contribution in [0.15, 0.2) is 0 Å². The summed E-state index contributed by atoms with van der Waals surface area (Å²) < 4.78 is 0. The van der Waals surface area contributed by atoms with Crippen molar-refractivity contribution in [3.8, 4) is 12.8 Å². The molecule has 50 valence electrons. The highest BCUT2D eigenvalue weighted by molar-refractivity contribution is 4.98. The molecule has 2 unspecified atom stereocenters. The van der Waals surface area contributed by atoms with Crippen LogP contribution in [-0.4, -0.2) is 0 Å². The zero-order valence-electron chi connectivity index (χ0n) is 6.01. The van der Waals surface area contributed by atoms with Gasteiger partial charge in [0.2, 0.25) is 0 Å². The lowest BCUT2D eigenvalue weighted by molar-refractivity contribution is 0.628. The maximum absolute atomic E-state index is 4.00. The van der Waals surface area contributed by atoms with Crippen molar-refractivity contribution in [3.05, 3.63) is 0 Å². The van der Waals surface area contributed by atoms with Crippen LogP contribution >= 0.6 is 0 Å². The third-order valence-corrected chi connectivity index (χ3v) is 2.83. The summed E-state index contributed by atoms with van der Waals surface area (Å²) in [5, 5.41) is 0. The number of hydrogen-bond acceptors (Lipinski definition) is 0. The summed E-state index contributed by atoms with van der Waals surface area (Å²) in [5.41, 5.74) is 0. The van der Waals surface area contributed by atoms with Crippen LogP contribution in [-0.2, 0) is 0 Å². The highest BCUT2D eigenvalue weighted by Crippen LogP contribution is 2.56. The highest BCUT2D eigenvalue weighted by atomic mass is 14.5. The fourth-order valence-corrected chi connectivity index (χ4v) is 2.18. The molecule has 2 aliphatic carbocycles. The van der Waals surface area contributed by atoms with Gasteiger partial charge in [-0.3, -0.25) is 0 Å². The first-order valence-corrected chi connectivity index (χ1v) is 3.73. The molecule has 2 saturated carbocycles. The summed E-state index contributed by atoms with van der Waals surface area (Å²) >= 11 is 0. The lowest BCUT2D eigenvalue weighted by atomic mass is 10.2. The summed E-state index contributed by atoms with van der Waals surface area (Å²) in [6, 6.07) is 0. The van der Waals surface area contributed by atoms with E-state index in [1.54, 1.807) is 12.8 Å². The van der Waals surface area contributed by atoms with E-state index in [2.05, 4.69) is 19.8 Å². The minimum atomic E-state index is 1.12. The van der Waals surface area contributed by atoms with Crippen LogP contribution in [0.4, 0.5) is 0 Å². The molecule has 2 rings (SSSR count). The molecule has 0 aromatic carbocycles. The molecule has 2 aliphatic rings. The fraction of sp³-hybridized carbons (Fsp3) is 0.778. The first-order valence-electron chi connectivity index (χ1n) is 3.73. The molecule has 2 atom stereocenters. The van der Waals surface area contributed by atoms with E-state index in [1.807, 2.05) is 0 Å². The summed E-state index contributed by atoms with van der Waals surface area (Å²) in [5.74, 6) is 3.48. The molecule has 0 heteroatoms. The zero-order chi connectivity index (χ0) is 6.85. The molecule has 0 radical (unpaired) electrons. The van der Waals surface area contributed by atoms with Crippen LogP contribution in [0, 0.1) is 30.6 Å². The zero-order valence-corrected chi connectivity index (χ0v) is 6.01. The van der Waals surface area contributed by atoms with Crippen molar-refractivity contribution in [2.45, 2.75) is 26.2 Å². The van der Waals surface area contributed by atoms with Crippen molar-refractivity contribution in [1.29, 1.82) is 0 Å². The van der Waals surface area contributed by atoms with E-state index >= 15 is 0 Å². The Labute approximate surface area is 57.7 Å². The normalized spacial score (nSPS) is 44.6. The van der Waals surface area contributed by atoms with Crippen molar-refractivity contribution in [2.24, 2.45) is 17.8 Å². The van der Waals surface area contributed by atoms with E-state index in [0.29, 0.717) is 0 Å². The second-order valence-electron chi connectivity index (χ2n) is 3.12. The minimum Gasteiger partial charge on any atom is -0.124 e. The van der Waals surface area contributed by atoms with Gasteiger partial charge in [0.05, 0.1) is 0 Å². The molecule has 0 aromatic rings. The van der Waals surface area contributed by atoms with Gasteiger partial charge in [0, 0.05) is 0 Å². The Hall–Kier alpha value is -0.440. The molecule has 0 aromatic heterocycles. The maximum Gasteiger partial charge on any atom is -0.0355 e. The molecular weight excluding hydrogens is 108 g/mol. The van der Waals surface area contributed by atoms with Gasteiger partial charge in [-0.1, -0.05) is 13.3 Å². The molecule has 0 N–H and O–H groups in total. The number of hydrogen-bond donors (Lipinski definition) is 0. The smallest absolute Gasteiger partial charge is 0.0355 e. The topological polar surface area (TPSA) is 0 Å². The molecule has 2 fully saturated rings. The molecule has 0 heterocycles. The lowest BCUT2D eigenvalue weighted by Crippen LogP contribution is -1.77. The first-order chi connectivity index (χ1) is 4.39. The number of fused-ring (bicyclic) bond motifs is 1. The van der Waals surface area contributed by atoms with E-state index in [-0.39, 0.29) is 0 Å². The van der Waals surface area contributed by atoms with Crippen LogP contribution in [0.25, 0.3) is 0 Å². The predicted molar refractivity (Wildman–Crippen MR) is 39.9 cm³/mol. The molecule has 0 nitrogen and oxygen atoms in total. The van der Waals surface area contributed by atoms with E-state index in [0.717, 1.165) is 5.92 Å². The fourth-order valence-electron chi connectivity index (χ4n) is 2.18. The van der Waals surface area contributed by atoms with Crippen molar-refractivity contribution in [2.75, 3.05) is 0 Å². The highest BCUT2D eigenvalue weighted by Gasteiger charge is 2.48. The summed E-state index contributed by atoms with van der Waals surface area (Å²) in [6.45, 7) is 2.40. The van der Waals surface area contributed by atoms with E-state index in [1.165, 1.54) is 18.3 Å². The average molecular weight is 122 g/mol. The summed E-state index contributed by atoms with van der Waals surface area (Å²) in [7, 11) is 0. The summed E-state index contributed by atoms with van der Waals surface area (Å²) in [4.78, 5) is 0. The standard InChI is InChI=1S/C7H12.C2H2/c1-5-6-3-2-4-7(5)6;1-2/h5-7H,2-4H2,1H3;1-2H. The SMILES string of the molecule is C#C.CC1C2CCCC12. The maximum atomic E-state index is 4.00. The molecule has 0 amide bonds. The van der Waals surface area contributed by atoms with Gasteiger partial charge in [-0.2, -0.15) is 0 Å².